The van der Waals surface area contributed by atoms with Crippen LogP contribution in [0.15, 0.2) is 84.6 Å². The molecule has 6 aromatic rings. The van der Waals surface area contributed by atoms with E-state index in [0.29, 0.717) is 20.9 Å². The Morgan fingerprint density at radius 2 is 1.38 bits per heavy atom. The van der Waals surface area contributed by atoms with Gasteiger partial charge < -0.3 is 10.2 Å². The van der Waals surface area contributed by atoms with Crippen molar-refractivity contribution in [3.05, 3.63) is 112 Å². The first-order valence-corrected chi connectivity index (χ1v) is 15.4. The summed E-state index contributed by atoms with van der Waals surface area (Å²) in [5.74, 6) is 0.174. The number of phenols is 2. The van der Waals surface area contributed by atoms with Gasteiger partial charge in [0.2, 0.25) is 0 Å². The minimum absolute atomic E-state index is 0.0573. The Hall–Kier alpha value is -3.83. The quantitative estimate of drug-likeness (QED) is 0.144. The zero-order valence-corrected chi connectivity index (χ0v) is 27.4. The third-order valence-electron chi connectivity index (χ3n) is 5.94. The monoisotopic (exact) mass is 804 g/mol. The minimum Gasteiger partial charge on any atom is -0.506 e. The van der Waals surface area contributed by atoms with Crippen LogP contribution < -0.4 is 11.4 Å². The van der Waals surface area contributed by atoms with Crippen molar-refractivity contribution in [1.82, 2.24) is 29.5 Å². The fraction of sp³-hybridized carbons (Fsp3) is 0.0370. The fourth-order valence-electron chi connectivity index (χ4n) is 3.84. The second kappa shape index (κ2) is 12.9. The van der Waals surface area contributed by atoms with Gasteiger partial charge in [-0.2, -0.15) is 22.5 Å². The highest BCUT2D eigenvalue weighted by molar-refractivity contribution is 9.11. The van der Waals surface area contributed by atoms with Crippen molar-refractivity contribution in [2.75, 3.05) is 0 Å². The predicted octanol–water partition coefficient (Wildman–Crippen LogP) is 7.78. The molecule has 0 saturated heterocycles. The highest BCUT2D eigenvalue weighted by Crippen LogP contribution is 2.33. The van der Waals surface area contributed by atoms with Crippen molar-refractivity contribution in [3.63, 3.8) is 0 Å². The molecule has 3 aromatic carbocycles. The van der Waals surface area contributed by atoms with Gasteiger partial charge in [-0.05, 0) is 86.5 Å². The van der Waals surface area contributed by atoms with E-state index in [1.165, 1.54) is 53.8 Å². The molecule has 0 radical (unpaired) electrons. The van der Waals surface area contributed by atoms with Crippen LogP contribution in [0, 0.1) is 0 Å². The number of aromatic hydroxyl groups is 2. The largest absolute Gasteiger partial charge is 0.506 e. The molecule has 4 N–H and O–H groups in total. The summed E-state index contributed by atoms with van der Waals surface area (Å²) in [6, 6.07) is 14.9. The van der Waals surface area contributed by atoms with Gasteiger partial charge in [-0.3, -0.25) is 9.97 Å². The first kappa shape index (κ1) is 32.6. The van der Waals surface area contributed by atoms with Crippen molar-refractivity contribution in [2.24, 2.45) is 0 Å². The molecule has 6 rings (SSSR count). The van der Waals surface area contributed by atoms with Crippen molar-refractivity contribution < 1.29 is 23.4 Å². The Balaban J connectivity index is 0.000000179. The van der Waals surface area contributed by atoms with Crippen LogP contribution in [0.4, 0.5) is 13.2 Å². The summed E-state index contributed by atoms with van der Waals surface area (Å²) in [5, 5.41) is 28.6. The molecule has 3 aromatic heterocycles. The second-order valence-electron chi connectivity index (χ2n) is 8.95. The van der Waals surface area contributed by atoms with Crippen LogP contribution in [0.5, 0.6) is 11.5 Å². The number of phenolic OH excluding ortho intramolecular Hbond substituents is 2. The molecule has 0 spiro atoms. The Kier molecular flexibility index (Phi) is 9.32. The first-order chi connectivity index (χ1) is 21.2. The van der Waals surface area contributed by atoms with Gasteiger partial charge in [0.1, 0.15) is 22.9 Å². The minimum atomic E-state index is -4.45. The van der Waals surface area contributed by atoms with Crippen LogP contribution in [0.2, 0.25) is 10.0 Å². The Bertz CT molecular complexity index is 2140. The summed E-state index contributed by atoms with van der Waals surface area (Å²) in [6.45, 7) is 0. The molecular formula is C27H15Br2Cl2F3N6O4S. The maximum Gasteiger partial charge on any atom is 0.416 e. The number of alkyl halides is 3. The maximum atomic E-state index is 12.6. The lowest BCUT2D eigenvalue weighted by molar-refractivity contribution is -0.137. The van der Waals surface area contributed by atoms with Gasteiger partial charge in [0, 0.05) is 15.1 Å². The zero-order valence-electron chi connectivity index (χ0n) is 21.9. The van der Waals surface area contributed by atoms with Gasteiger partial charge >= 0.3 is 17.6 Å². The molecule has 0 atom stereocenters. The Morgan fingerprint density at radius 1 is 0.778 bits per heavy atom. The van der Waals surface area contributed by atoms with Crippen LogP contribution in [-0.2, 0) is 6.18 Å². The van der Waals surface area contributed by atoms with E-state index in [-0.39, 0.29) is 33.7 Å². The van der Waals surface area contributed by atoms with Gasteiger partial charge in [0.15, 0.2) is 11.6 Å². The fourth-order valence-corrected chi connectivity index (χ4v) is 5.82. The predicted molar refractivity (Wildman–Crippen MR) is 171 cm³/mol. The summed E-state index contributed by atoms with van der Waals surface area (Å²) in [7, 11) is 0. The van der Waals surface area contributed by atoms with E-state index in [1.54, 1.807) is 0 Å². The average molecular weight is 807 g/mol. The molecule has 18 heteroatoms. The molecule has 0 aliphatic rings. The number of aromatic nitrogens is 6. The summed E-state index contributed by atoms with van der Waals surface area (Å²) < 4.78 is 41.2. The molecular weight excluding hydrogens is 792 g/mol. The number of aromatic amines is 2. The molecule has 0 saturated carbocycles. The molecule has 0 bridgehead atoms. The van der Waals surface area contributed by atoms with Crippen LogP contribution in [0.25, 0.3) is 33.5 Å². The normalized spacial score (nSPS) is 11.4. The summed E-state index contributed by atoms with van der Waals surface area (Å²) in [4.78, 5) is 29.9. The molecule has 45 heavy (non-hydrogen) atoms. The highest BCUT2D eigenvalue weighted by Gasteiger charge is 2.30. The topological polar surface area (TPSA) is 142 Å². The lowest BCUT2D eigenvalue weighted by atomic mass is 10.1. The van der Waals surface area contributed by atoms with Crippen LogP contribution in [-0.4, -0.2) is 39.7 Å². The van der Waals surface area contributed by atoms with Gasteiger partial charge in [-0.1, -0.05) is 35.3 Å². The van der Waals surface area contributed by atoms with Crippen LogP contribution in [0.1, 0.15) is 5.56 Å². The molecule has 0 aliphatic carbocycles. The van der Waals surface area contributed by atoms with E-state index in [1.807, 2.05) is 12.1 Å². The Morgan fingerprint density at radius 3 is 1.98 bits per heavy atom. The van der Waals surface area contributed by atoms with Gasteiger partial charge in [0.05, 0.1) is 19.2 Å². The van der Waals surface area contributed by atoms with Gasteiger partial charge in [-0.15, -0.1) is 21.5 Å². The standard InChI is InChI=1S/C15H9ClF3N3O2.C12H6Br2ClN3O2S/c16-10-5-6-12(23)11(7-10)22-14(24)20-13(21-22)8-1-3-9(4-2-8)15(17,18)19;13-5-3-8(19)7(4-6(5)15)18-12(20)16-11(17-18)9-1-2-10(14)21-9/h1-7,23H,(H,20,21,24);1-4,19H,(H,16,17,20). The van der Waals surface area contributed by atoms with Gasteiger partial charge in [-0.25, -0.2) is 9.59 Å². The van der Waals surface area contributed by atoms with Gasteiger partial charge in [0.25, 0.3) is 0 Å². The number of rotatable bonds is 4. The molecule has 0 unspecified atom stereocenters. The van der Waals surface area contributed by atoms with E-state index in [4.69, 9.17) is 23.2 Å². The lowest BCUT2D eigenvalue weighted by Crippen LogP contribution is -2.16. The molecule has 0 fully saturated rings. The van der Waals surface area contributed by atoms with E-state index in [0.717, 1.165) is 30.2 Å². The smallest absolute Gasteiger partial charge is 0.416 e. The van der Waals surface area contributed by atoms with E-state index in [2.05, 4.69) is 52.0 Å². The van der Waals surface area contributed by atoms with Crippen molar-refractivity contribution >= 4 is 66.4 Å². The van der Waals surface area contributed by atoms with E-state index >= 15 is 0 Å². The molecule has 0 aliphatic heterocycles. The summed E-state index contributed by atoms with van der Waals surface area (Å²) in [5.41, 5.74) is -1.36. The first-order valence-electron chi connectivity index (χ1n) is 12.2. The Labute approximate surface area is 280 Å². The summed E-state index contributed by atoms with van der Waals surface area (Å²) >= 11 is 19.8. The van der Waals surface area contributed by atoms with Crippen molar-refractivity contribution in [3.8, 4) is 45.0 Å². The van der Waals surface area contributed by atoms with Crippen LogP contribution in [0.3, 0.4) is 0 Å². The molecule has 232 valence electrons. The number of thiophene rings is 1. The molecule has 10 nitrogen and oxygen atoms in total. The second-order valence-corrected chi connectivity index (χ2v) is 13.1. The third-order valence-corrected chi connectivity index (χ3v) is 9.00. The summed E-state index contributed by atoms with van der Waals surface area (Å²) in [6.07, 6.45) is -4.45. The van der Waals surface area contributed by atoms with Crippen molar-refractivity contribution in [1.29, 1.82) is 0 Å². The number of halogens is 7. The molecule has 3 heterocycles. The highest BCUT2D eigenvalue weighted by atomic mass is 79.9. The number of nitrogens with one attached hydrogen (secondary N) is 2. The lowest BCUT2D eigenvalue weighted by Gasteiger charge is -2.06. The number of H-pyrrole nitrogens is 2. The SMILES string of the molecule is O=c1[nH]c(-c2ccc(Br)s2)nn1-c1cc(Cl)c(Br)cc1O.O=c1[nH]c(-c2ccc(C(F)(F)F)cc2)nn1-c1cc(Cl)ccc1O. The van der Waals surface area contributed by atoms with E-state index in [9.17, 15) is 33.0 Å². The number of nitrogens with zero attached hydrogens (tertiary/aromatic N) is 4. The average Bonchev–Trinajstić information content (AvgIpc) is 3.70. The zero-order chi connectivity index (χ0) is 32.6. The third kappa shape index (κ3) is 7.20. The molecule has 0 amide bonds. The number of hydrogen-bond acceptors (Lipinski definition) is 7. The number of benzene rings is 3. The van der Waals surface area contributed by atoms with Crippen LogP contribution >= 0.6 is 66.4 Å². The van der Waals surface area contributed by atoms with Crippen molar-refractivity contribution in [2.45, 2.75) is 6.18 Å². The maximum absolute atomic E-state index is 12.6. The number of hydrogen-bond donors (Lipinski definition) is 4. The van der Waals surface area contributed by atoms with E-state index < -0.39 is 23.1 Å².